The van der Waals surface area contributed by atoms with E-state index in [0.29, 0.717) is 0 Å². The van der Waals surface area contributed by atoms with Gasteiger partial charge in [0.2, 0.25) is 0 Å². The fraction of sp³-hybridized carbons (Fsp3) is 0.417. The summed E-state index contributed by atoms with van der Waals surface area (Å²) in [5.41, 5.74) is 2.09. The molecule has 1 aliphatic heterocycles. The molecule has 0 radical (unpaired) electrons. The minimum Gasteiger partial charge on any atom is -0.271 e. The summed E-state index contributed by atoms with van der Waals surface area (Å²) in [6, 6.07) is 4.02. The van der Waals surface area contributed by atoms with Gasteiger partial charge in [0.15, 0.2) is 0 Å². The van der Waals surface area contributed by atoms with E-state index in [2.05, 4.69) is 16.9 Å². The van der Waals surface area contributed by atoms with Gasteiger partial charge in [-0.3, -0.25) is 9.78 Å². The number of aliphatic imine (C=N–C) groups is 1. The molecule has 2 unspecified atom stereocenters. The first-order valence-corrected chi connectivity index (χ1v) is 7.48. The summed E-state index contributed by atoms with van der Waals surface area (Å²) in [6.07, 6.45) is 3.80. The van der Waals surface area contributed by atoms with E-state index in [0.717, 1.165) is 15.6 Å². The molecule has 5 heteroatoms. The van der Waals surface area contributed by atoms with Gasteiger partial charge in [-0.1, -0.05) is 24.8 Å². The molecule has 0 aromatic carbocycles. The second-order valence-corrected chi connectivity index (χ2v) is 6.16. The van der Waals surface area contributed by atoms with Gasteiger partial charge in [0, 0.05) is 17.8 Å². The minimum atomic E-state index is -0.0954. The lowest BCUT2D eigenvalue weighted by Crippen LogP contribution is -2.18. The predicted molar refractivity (Wildman–Crippen MR) is 74.7 cm³/mol. The number of thioether (sulfide) groups is 2. The highest BCUT2D eigenvalue weighted by atomic mass is 32.2. The number of carbonyl (C=O) groups excluding carboxylic acids is 1. The molecule has 0 bridgehead atoms. The fourth-order valence-corrected chi connectivity index (χ4v) is 3.42. The summed E-state index contributed by atoms with van der Waals surface area (Å²) in [6.45, 7) is 4.01. The first-order chi connectivity index (χ1) is 8.11. The molecule has 0 saturated heterocycles. The maximum Gasteiger partial charge on any atom is 0.261 e. The van der Waals surface area contributed by atoms with Gasteiger partial charge < -0.3 is 0 Å². The lowest BCUT2D eigenvalue weighted by Gasteiger charge is -2.16. The van der Waals surface area contributed by atoms with Crippen molar-refractivity contribution in [3.63, 3.8) is 0 Å². The second kappa shape index (κ2) is 5.23. The number of pyridine rings is 1. The predicted octanol–water partition coefficient (Wildman–Crippen LogP) is 2.85. The standard InChI is InChI=1S/C12H14N2OS2/c1-7-4-5-9(6-13-7)8(2)10-11(15)14-12(16-3)17-10/h4-6,8,10H,1-3H3. The third-order valence-corrected chi connectivity index (χ3v) is 5.15. The second-order valence-electron chi connectivity index (χ2n) is 3.98. The molecule has 17 heavy (non-hydrogen) atoms. The molecule has 90 valence electrons. The highest BCUT2D eigenvalue weighted by Gasteiger charge is 2.33. The number of amides is 1. The van der Waals surface area contributed by atoms with Gasteiger partial charge in [0.05, 0.1) is 5.25 Å². The number of carbonyl (C=O) groups is 1. The van der Waals surface area contributed by atoms with E-state index >= 15 is 0 Å². The fourth-order valence-electron chi connectivity index (χ4n) is 1.67. The van der Waals surface area contributed by atoms with E-state index in [1.54, 1.807) is 11.8 Å². The molecule has 1 aromatic heterocycles. The van der Waals surface area contributed by atoms with Crippen molar-refractivity contribution in [2.24, 2.45) is 4.99 Å². The Bertz CT molecular complexity index is 456. The van der Waals surface area contributed by atoms with E-state index in [4.69, 9.17) is 0 Å². The molecule has 1 aromatic rings. The summed E-state index contributed by atoms with van der Waals surface area (Å²) in [4.78, 5) is 20.1. The maximum atomic E-state index is 11.8. The molecular weight excluding hydrogens is 252 g/mol. The Morgan fingerprint density at radius 3 is 2.76 bits per heavy atom. The van der Waals surface area contributed by atoms with Gasteiger partial charge >= 0.3 is 0 Å². The summed E-state index contributed by atoms with van der Waals surface area (Å²) in [7, 11) is 0. The van der Waals surface area contributed by atoms with Gasteiger partial charge in [0.1, 0.15) is 4.38 Å². The van der Waals surface area contributed by atoms with Crippen LogP contribution in [0.15, 0.2) is 23.3 Å². The Morgan fingerprint density at radius 1 is 1.47 bits per heavy atom. The smallest absolute Gasteiger partial charge is 0.261 e. The Hall–Kier alpha value is -0.810. The first-order valence-electron chi connectivity index (χ1n) is 5.37. The molecule has 0 spiro atoms. The van der Waals surface area contributed by atoms with Crippen molar-refractivity contribution >= 4 is 33.8 Å². The number of hydrogen-bond acceptors (Lipinski definition) is 4. The Kier molecular flexibility index (Phi) is 3.89. The molecule has 2 rings (SSSR count). The molecule has 1 aliphatic rings. The topological polar surface area (TPSA) is 42.3 Å². The minimum absolute atomic E-state index is 0.0209. The van der Waals surface area contributed by atoms with Crippen LogP contribution >= 0.6 is 23.5 Å². The molecule has 0 fully saturated rings. The summed E-state index contributed by atoms with van der Waals surface area (Å²) >= 11 is 3.09. The van der Waals surface area contributed by atoms with Crippen molar-refractivity contribution in [3.8, 4) is 0 Å². The van der Waals surface area contributed by atoms with Gasteiger partial charge in [-0.25, -0.2) is 0 Å². The Balaban J connectivity index is 2.14. The van der Waals surface area contributed by atoms with Crippen LogP contribution < -0.4 is 0 Å². The van der Waals surface area contributed by atoms with Crippen LogP contribution in [-0.2, 0) is 4.79 Å². The average Bonchev–Trinajstić information content (AvgIpc) is 2.71. The third kappa shape index (κ3) is 2.72. The van der Waals surface area contributed by atoms with Crippen LogP contribution in [0.3, 0.4) is 0 Å². The molecule has 0 saturated carbocycles. The normalized spacial score (nSPS) is 21.5. The molecule has 2 heterocycles. The number of aromatic nitrogens is 1. The summed E-state index contributed by atoms with van der Waals surface area (Å²) in [5, 5.41) is -0.0954. The zero-order chi connectivity index (χ0) is 12.4. The number of aryl methyl sites for hydroxylation is 1. The van der Waals surface area contributed by atoms with Crippen LogP contribution in [0.2, 0.25) is 0 Å². The Labute approximate surface area is 110 Å². The average molecular weight is 266 g/mol. The van der Waals surface area contributed by atoms with Crippen molar-refractivity contribution in [3.05, 3.63) is 29.6 Å². The van der Waals surface area contributed by atoms with E-state index in [1.807, 2.05) is 31.5 Å². The van der Waals surface area contributed by atoms with Gasteiger partial charge in [0.25, 0.3) is 5.91 Å². The lowest BCUT2D eigenvalue weighted by molar-refractivity contribution is -0.117. The van der Waals surface area contributed by atoms with E-state index in [-0.39, 0.29) is 17.1 Å². The molecular formula is C12H14N2OS2. The molecule has 2 atom stereocenters. The van der Waals surface area contributed by atoms with Crippen LogP contribution in [-0.4, -0.2) is 26.8 Å². The zero-order valence-corrected chi connectivity index (χ0v) is 11.6. The van der Waals surface area contributed by atoms with Crippen LogP contribution in [0, 0.1) is 6.92 Å². The van der Waals surface area contributed by atoms with E-state index in [9.17, 15) is 4.79 Å². The molecule has 0 N–H and O–H groups in total. The largest absolute Gasteiger partial charge is 0.271 e. The molecule has 1 amide bonds. The van der Waals surface area contributed by atoms with Gasteiger partial charge in [-0.05, 0) is 24.8 Å². The number of rotatable bonds is 2. The summed E-state index contributed by atoms with van der Waals surface area (Å²) < 4.78 is 0.868. The van der Waals surface area contributed by atoms with Crippen LogP contribution in [0.25, 0.3) is 0 Å². The maximum absolute atomic E-state index is 11.8. The highest BCUT2D eigenvalue weighted by molar-refractivity contribution is 8.39. The van der Waals surface area contributed by atoms with Crippen LogP contribution in [0.4, 0.5) is 0 Å². The quantitative estimate of drug-likeness (QED) is 0.825. The van der Waals surface area contributed by atoms with Gasteiger partial charge in [-0.15, -0.1) is 11.8 Å². The number of hydrogen-bond donors (Lipinski definition) is 0. The molecule has 3 nitrogen and oxygen atoms in total. The zero-order valence-electron chi connectivity index (χ0n) is 10.0. The van der Waals surface area contributed by atoms with E-state index < -0.39 is 0 Å². The third-order valence-electron chi connectivity index (χ3n) is 2.76. The summed E-state index contributed by atoms with van der Waals surface area (Å²) in [5.74, 6) is 0.126. The van der Waals surface area contributed by atoms with Crippen molar-refractivity contribution in [1.29, 1.82) is 0 Å². The first kappa shape index (κ1) is 12.6. The van der Waals surface area contributed by atoms with Crippen molar-refractivity contribution in [1.82, 2.24) is 4.98 Å². The van der Waals surface area contributed by atoms with Crippen molar-refractivity contribution in [2.45, 2.75) is 25.0 Å². The monoisotopic (exact) mass is 266 g/mol. The van der Waals surface area contributed by atoms with Gasteiger partial charge in [-0.2, -0.15) is 4.99 Å². The van der Waals surface area contributed by atoms with Crippen molar-refractivity contribution in [2.75, 3.05) is 6.26 Å². The Morgan fingerprint density at radius 2 is 2.24 bits per heavy atom. The SMILES string of the molecule is CSC1=NC(=O)C(C(C)c2ccc(C)nc2)S1. The lowest BCUT2D eigenvalue weighted by atomic mass is 9.98. The van der Waals surface area contributed by atoms with Crippen LogP contribution in [0.5, 0.6) is 0 Å². The van der Waals surface area contributed by atoms with E-state index in [1.165, 1.54) is 11.8 Å². The molecule has 0 aliphatic carbocycles. The van der Waals surface area contributed by atoms with Crippen LogP contribution in [0.1, 0.15) is 24.1 Å². The highest BCUT2D eigenvalue weighted by Crippen LogP contribution is 2.36. The van der Waals surface area contributed by atoms with Crippen molar-refractivity contribution < 1.29 is 4.79 Å². The number of nitrogens with zero attached hydrogens (tertiary/aromatic N) is 2.